The van der Waals surface area contributed by atoms with Gasteiger partial charge in [0.1, 0.15) is 28.5 Å². The van der Waals surface area contributed by atoms with E-state index >= 15 is 0 Å². The average Bonchev–Trinajstić information content (AvgIpc) is 3.13. The molecule has 9 heteroatoms. The van der Waals surface area contributed by atoms with Crippen LogP contribution in [0.5, 0.6) is 0 Å². The summed E-state index contributed by atoms with van der Waals surface area (Å²) in [6.45, 7) is 1.45. The highest BCUT2D eigenvalue weighted by Crippen LogP contribution is 2.26. The number of fused-ring (bicyclic) bond motifs is 1. The zero-order valence-electron chi connectivity index (χ0n) is 13.4. The lowest BCUT2D eigenvalue weighted by Gasteiger charge is -2.21. The van der Waals surface area contributed by atoms with Crippen LogP contribution >= 0.6 is 11.8 Å². The quantitative estimate of drug-likeness (QED) is 0.635. The molecule has 2 heterocycles. The lowest BCUT2D eigenvalue weighted by Crippen LogP contribution is -2.45. The second-order valence-corrected chi connectivity index (χ2v) is 6.08. The summed E-state index contributed by atoms with van der Waals surface area (Å²) in [6.07, 6.45) is 1.75. The van der Waals surface area contributed by atoms with E-state index in [4.69, 9.17) is 0 Å². The number of aromatic amines is 1. The molecule has 0 unspecified atom stereocenters. The molecular weight excluding hydrogens is 342 g/mol. The summed E-state index contributed by atoms with van der Waals surface area (Å²) >= 11 is 1.26. The Kier molecular flexibility index (Phi) is 4.29. The summed E-state index contributed by atoms with van der Waals surface area (Å²) in [6, 6.07) is 7.34. The van der Waals surface area contributed by atoms with Crippen LogP contribution in [0.1, 0.15) is 33.2 Å². The average molecular weight is 355 g/mol. The van der Waals surface area contributed by atoms with E-state index < -0.39 is 23.8 Å². The third-order valence-corrected chi connectivity index (χ3v) is 4.56. The van der Waals surface area contributed by atoms with Crippen molar-refractivity contribution in [1.82, 2.24) is 15.1 Å². The van der Waals surface area contributed by atoms with Crippen LogP contribution in [0.25, 0.3) is 0 Å². The molecule has 2 aromatic rings. The Hall–Kier alpha value is -3.12. The molecule has 0 radical (unpaired) electrons. The maximum atomic E-state index is 12.5. The van der Waals surface area contributed by atoms with Gasteiger partial charge in [-0.1, -0.05) is 12.1 Å². The maximum absolute atomic E-state index is 12.5. The number of carbonyl (C=O) groups is 3. The van der Waals surface area contributed by atoms with E-state index in [-0.39, 0.29) is 22.5 Å². The number of imide groups is 1. The van der Waals surface area contributed by atoms with E-state index in [1.807, 2.05) is 6.07 Å². The van der Waals surface area contributed by atoms with Gasteiger partial charge in [0.2, 0.25) is 5.91 Å². The molecule has 1 atom stereocenters. The molecule has 25 heavy (non-hydrogen) atoms. The molecule has 0 saturated carbocycles. The van der Waals surface area contributed by atoms with E-state index in [0.29, 0.717) is 5.03 Å². The van der Waals surface area contributed by atoms with Crippen molar-refractivity contribution in [2.24, 2.45) is 0 Å². The van der Waals surface area contributed by atoms with Crippen LogP contribution in [0.3, 0.4) is 0 Å². The summed E-state index contributed by atoms with van der Waals surface area (Å²) < 4.78 is 0. The third-order valence-electron chi connectivity index (χ3n) is 3.88. The first-order valence-corrected chi connectivity index (χ1v) is 8.52. The summed E-state index contributed by atoms with van der Waals surface area (Å²) in [7, 11) is 0. The van der Waals surface area contributed by atoms with Gasteiger partial charge in [-0.15, -0.1) is 11.8 Å². The zero-order chi connectivity index (χ0) is 18.1. The highest BCUT2D eigenvalue weighted by atomic mass is 32.2. The molecule has 0 bridgehead atoms. The molecule has 126 valence electrons. The number of benzene rings is 1. The minimum atomic E-state index is -1.04. The van der Waals surface area contributed by atoms with Crippen LogP contribution in [-0.4, -0.2) is 45.1 Å². The van der Waals surface area contributed by atoms with Gasteiger partial charge in [0, 0.05) is 0 Å². The predicted molar refractivity (Wildman–Crippen MR) is 90.1 cm³/mol. The van der Waals surface area contributed by atoms with Crippen molar-refractivity contribution in [2.75, 3.05) is 11.6 Å². The van der Waals surface area contributed by atoms with Crippen molar-refractivity contribution >= 4 is 35.3 Å². The van der Waals surface area contributed by atoms with Crippen molar-refractivity contribution in [1.29, 1.82) is 5.26 Å². The molecule has 1 aromatic heterocycles. The van der Waals surface area contributed by atoms with Gasteiger partial charge in [-0.05, 0) is 25.3 Å². The minimum absolute atomic E-state index is 0.139. The highest BCUT2D eigenvalue weighted by Gasteiger charge is 2.40. The van der Waals surface area contributed by atoms with Crippen molar-refractivity contribution < 1.29 is 14.4 Å². The maximum Gasteiger partial charge on any atom is 0.262 e. The predicted octanol–water partition coefficient (Wildman–Crippen LogP) is 1.63. The summed E-state index contributed by atoms with van der Waals surface area (Å²) in [5.74, 6) is -1.49. The van der Waals surface area contributed by atoms with E-state index in [0.717, 1.165) is 4.90 Å². The molecule has 8 nitrogen and oxygen atoms in total. The molecular formula is C16H13N5O3S. The van der Waals surface area contributed by atoms with Crippen LogP contribution in [0, 0.1) is 11.3 Å². The second-order valence-electron chi connectivity index (χ2n) is 5.29. The topological polar surface area (TPSA) is 119 Å². The second kappa shape index (κ2) is 6.41. The van der Waals surface area contributed by atoms with Gasteiger partial charge in [0.25, 0.3) is 11.8 Å². The van der Waals surface area contributed by atoms with Gasteiger partial charge in [0.05, 0.1) is 11.1 Å². The van der Waals surface area contributed by atoms with Crippen molar-refractivity contribution in [2.45, 2.75) is 18.0 Å². The zero-order valence-corrected chi connectivity index (χ0v) is 14.2. The third kappa shape index (κ3) is 2.66. The van der Waals surface area contributed by atoms with Gasteiger partial charge in [-0.3, -0.25) is 24.4 Å². The summed E-state index contributed by atoms with van der Waals surface area (Å²) in [5.41, 5.74) is 0.752. The van der Waals surface area contributed by atoms with E-state index in [1.165, 1.54) is 18.7 Å². The SMILES string of the molecule is CSc1n[nH]c(NC(=O)[C@H](C)N2C(=O)c3ccccc3C2=O)c1C#N. The monoisotopic (exact) mass is 355 g/mol. The molecule has 1 aromatic carbocycles. The fourth-order valence-electron chi connectivity index (χ4n) is 2.57. The molecule has 1 aliphatic rings. The summed E-state index contributed by atoms with van der Waals surface area (Å²) in [5, 5.41) is 18.7. The van der Waals surface area contributed by atoms with Crippen LogP contribution < -0.4 is 5.32 Å². The molecule has 0 fully saturated rings. The number of aromatic nitrogens is 2. The smallest absolute Gasteiger partial charge is 0.262 e. The molecule has 3 amide bonds. The Morgan fingerprint density at radius 3 is 2.44 bits per heavy atom. The van der Waals surface area contributed by atoms with Crippen LogP contribution in [-0.2, 0) is 4.79 Å². The Labute approximate surface area is 147 Å². The van der Waals surface area contributed by atoms with Crippen LogP contribution in [0.15, 0.2) is 29.3 Å². The largest absolute Gasteiger partial charge is 0.308 e. The van der Waals surface area contributed by atoms with Gasteiger partial charge in [0.15, 0.2) is 0 Å². The lowest BCUT2D eigenvalue weighted by atomic mass is 10.1. The number of nitrogens with one attached hydrogen (secondary N) is 2. The minimum Gasteiger partial charge on any atom is -0.308 e. The van der Waals surface area contributed by atoms with Crippen molar-refractivity contribution in [3.05, 3.63) is 41.0 Å². The van der Waals surface area contributed by atoms with Crippen LogP contribution in [0.4, 0.5) is 5.82 Å². The normalized spacial score (nSPS) is 14.2. The molecule has 0 aliphatic carbocycles. The fourth-order valence-corrected chi connectivity index (χ4v) is 3.06. The number of thioether (sulfide) groups is 1. The number of anilines is 1. The van der Waals surface area contributed by atoms with E-state index in [1.54, 1.807) is 30.5 Å². The Balaban J connectivity index is 1.83. The van der Waals surface area contributed by atoms with E-state index in [9.17, 15) is 19.6 Å². The van der Waals surface area contributed by atoms with Crippen molar-refractivity contribution in [3.63, 3.8) is 0 Å². The number of carbonyl (C=O) groups excluding carboxylic acids is 3. The Bertz CT molecular complexity index is 895. The molecule has 3 rings (SSSR count). The number of nitrogens with zero attached hydrogens (tertiary/aromatic N) is 3. The summed E-state index contributed by atoms with van der Waals surface area (Å²) in [4.78, 5) is 38.3. The van der Waals surface area contributed by atoms with Gasteiger partial charge in [-0.25, -0.2) is 0 Å². The standard InChI is InChI=1S/C16H13N5O3S/c1-8(13(22)18-12-11(7-17)14(25-2)20-19-12)21-15(23)9-5-3-4-6-10(9)16(21)24/h3-6,8H,1-2H3,(H2,18,19,20,22)/t8-/m0/s1. The highest BCUT2D eigenvalue weighted by molar-refractivity contribution is 7.98. The Morgan fingerprint density at radius 2 is 1.92 bits per heavy atom. The molecule has 1 aliphatic heterocycles. The van der Waals surface area contributed by atoms with E-state index in [2.05, 4.69) is 15.5 Å². The van der Waals surface area contributed by atoms with Gasteiger partial charge < -0.3 is 5.32 Å². The Morgan fingerprint density at radius 1 is 1.32 bits per heavy atom. The first-order valence-electron chi connectivity index (χ1n) is 7.29. The number of amides is 3. The fraction of sp³-hybridized carbons (Fsp3) is 0.188. The van der Waals surface area contributed by atoms with Crippen LogP contribution in [0.2, 0.25) is 0 Å². The molecule has 2 N–H and O–H groups in total. The molecule has 0 spiro atoms. The van der Waals surface area contributed by atoms with Gasteiger partial charge >= 0.3 is 0 Å². The number of nitriles is 1. The number of hydrogen-bond donors (Lipinski definition) is 2. The first kappa shape index (κ1) is 16.7. The number of hydrogen-bond acceptors (Lipinski definition) is 6. The first-order chi connectivity index (χ1) is 12.0. The van der Waals surface area contributed by atoms with Crippen molar-refractivity contribution in [3.8, 4) is 6.07 Å². The lowest BCUT2D eigenvalue weighted by molar-refractivity contribution is -0.119. The van der Waals surface area contributed by atoms with Gasteiger partial charge in [-0.2, -0.15) is 10.4 Å². The number of rotatable bonds is 4. The number of H-pyrrole nitrogens is 1. The molecule has 0 saturated heterocycles.